The van der Waals surface area contributed by atoms with E-state index < -0.39 is 10.0 Å². The van der Waals surface area contributed by atoms with E-state index in [9.17, 15) is 8.42 Å². The minimum absolute atomic E-state index is 0.0600. The van der Waals surface area contributed by atoms with E-state index in [0.29, 0.717) is 5.92 Å². The minimum atomic E-state index is -3.60. The van der Waals surface area contributed by atoms with Crippen molar-refractivity contribution < 1.29 is 8.42 Å². The number of nitrogens with one attached hydrogen (secondary N) is 1. The van der Waals surface area contributed by atoms with E-state index in [1.807, 2.05) is 6.92 Å². The summed E-state index contributed by atoms with van der Waals surface area (Å²) in [6, 6.07) is 3.09. The molecule has 0 radical (unpaired) electrons. The Bertz CT molecular complexity index is 497. The van der Waals surface area contributed by atoms with E-state index in [4.69, 9.17) is 5.73 Å². The van der Waals surface area contributed by atoms with Crippen LogP contribution in [0.25, 0.3) is 0 Å². The van der Waals surface area contributed by atoms with Crippen LogP contribution in [0.5, 0.6) is 0 Å². The van der Waals surface area contributed by atoms with Gasteiger partial charge in [-0.15, -0.1) is 0 Å². The average Bonchev–Trinajstić information content (AvgIpc) is 2.13. The number of hydrogen-bond acceptors (Lipinski definition) is 4. The Balaban J connectivity index is 2.16. The van der Waals surface area contributed by atoms with Gasteiger partial charge in [-0.1, -0.05) is 6.42 Å². The zero-order valence-electron chi connectivity index (χ0n) is 9.76. The second-order valence-electron chi connectivity index (χ2n) is 4.50. The second-order valence-corrected chi connectivity index (χ2v) is 6.13. The summed E-state index contributed by atoms with van der Waals surface area (Å²) in [4.78, 5) is 3.83. The Kier molecular flexibility index (Phi) is 3.35. The van der Waals surface area contributed by atoms with Gasteiger partial charge in [-0.05, 0) is 37.8 Å². The Hall–Kier alpha value is -1.14. The van der Waals surface area contributed by atoms with Crippen LogP contribution < -0.4 is 10.5 Å². The van der Waals surface area contributed by atoms with Crippen LogP contribution in [-0.4, -0.2) is 19.4 Å². The van der Waals surface area contributed by atoms with Gasteiger partial charge in [0.15, 0.2) is 5.03 Å². The highest BCUT2D eigenvalue weighted by molar-refractivity contribution is 7.89. The summed E-state index contributed by atoms with van der Waals surface area (Å²) in [5.74, 6) is 0.440. The van der Waals surface area contributed by atoms with E-state index in [1.54, 1.807) is 6.07 Å². The number of rotatable bonds is 4. The van der Waals surface area contributed by atoms with Crippen molar-refractivity contribution in [2.45, 2.75) is 37.3 Å². The van der Waals surface area contributed by atoms with E-state index >= 15 is 0 Å². The second kappa shape index (κ2) is 4.62. The largest absolute Gasteiger partial charge is 0.396 e. The molecule has 1 fully saturated rings. The van der Waals surface area contributed by atoms with Gasteiger partial charge in [0, 0.05) is 12.2 Å². The first-order valence-electron chi connectivity index (χ1n) is 5.73. The van der Waals surface area contributed by atoms with Crippen LogP contribution >= 0.6 is 0 Å². The molecule has 0 amide bonds. The molecule has 1 aromatic heterocycles. The van der Waals surface area contributed by atoms with Crippen LogP contribution in [0.1, 0.15) is 26.2 Å². The van der Waals surface area contributed by atoms with Gasteiger partial charge in [0.05, 0.1) is 5.69 Å². The standard InChI is InChI=1S/C11H17N3O2S/c1-8(9-4-2-5-9)14-17(15,16)11-10(12)6-3-7-13-11/h3,6-9,14H,2,4-5,12H2,1H3. The first-order chi connectivity index (χ1) is 8.00. The fraction of sp³-hybridized carbons (Fsp3) is 0.545. The lowest BCUT2D eigenvalue weighted by molar-refractivity contribution is 0.260. The zero-order valence-corrected chi connectivity index (χ0v) is 10.6. The normalized spacial score (nSPS) is 18.6. The maximum absolute atomic E-state index is 12.1. The molecule has 1 aliphatic carbocycles. The van der Waals surface area contributed by atoms with Gasteiger partial charge in [0.2, 0.25) is 0 Å². The van der Waals surface area contributed by atoms with Gasteiger partial charge < -0.3 is 5.73 Å². The van der Waals surface area contributed by atoms with Crippen molar-refractivity contribution >= 4 is 15.7 Å². The van der Waals surface area contributed by atoms with E-state index in [1.165, 1.54) is 18.7 Å². The lowest BCUT2D eigenvalue weighted by atomic mass is 9.81. The molecule has 0 spiro atoms. The molecule has 2 rings (SSSR count). The summed E-state index contributed by atoms with van der Waals surface area (Å²) < 4.78 is 26.8. The monoisotopic (exact) mass is 255 g/mol. The van der Waals surface area contributed by atoms with Crippen molar-refractivity contribution in [2.24, 2.45) is 5.92 Å². The summed E-state index contributed by atoms with van der Waals surface area (Å²) in [5.41, 5.74) is 5.80. The highest BCUT2D eigenvalue weighted by Gasteiger charge is 2.29. The highest BCUT2D eigenvalue weighted by Crippen LogP contribution is 2.30. The molecule has 1 atom stereocenters. The molecule has 1 saturated carbocycles. The quantitative estimate of drug-likeness (QED) is 0.844. The van der Waals surface area contributed by atoms with Crippen molar-refractivity contribution in [1.82, 2.24) is 9.71 Å². The summed E-state index contributed by atoms with van der Waals surface area (Å²) in [6.07, 6.45) is 4.78. The summed E-state index contributed by atoms with van der Waals surface area (Å²) in [7, 11) is -3.60. The maximum Gasteiger partial charge on any atom is 0.260 e. The number of nitrogens with zero attached hydrogens (tertiary/aromatic N) is 1. The Morgan fingerprint density at radius 1 is 1.53 bits per heavy atom. The van der Waals surface area contributed by atoms with Crippen LogP contribution in [0.4, 0.5) is 5.69 Å². The van der Waals surface area contributed by atoms with Crippen molar-refractivity contribution in [3.8, 4) is 0 Å². The first-order valence-corrected chi connectivity index (χ1v) is 7.22. The molecule has 1 aliphatic rings. The van der Waals surface area contributed by atoms with E-state index in [2.05, 4.69) is 9.71 Å². The smallest absolute Gasteiger partial charge is 0.260 e. The summed E-state index contributed by atoms with van der Waals surface area (Å²) in [6.45, 7) is 1.89. The molecule has 6 heteroatoms. The molecule has 5 nitrogen and oxygen atoms in total. The van der Waals surface area contributed by atoms with Gasteiger partial charge in [-0.3, -0.25) is 0 Å². The van der Waals surface area contributed by atoms with Gasteiger partial charge in [0.25, 0.3) is 10.0 Å². The summed E-state index contributed by atoms with van der Waals surface area (Å²) >= 11 is 0. The van der Waals surface area contributed by atoms with Gasteiger partial charge in [-0.2, -0.15) is 0 Å². The van der Waals surface area contributed by atoms with E-state index in [-0.39, 0.29) is 16.8 Å². The third-order valence-corrected chi connectivity index (χ3v) is 4.79. The number of nitrogen functional groups attached to an aromatic ring is 1. The number of sulfonamides is 1. The first kappa shape index (κ1) is 12.3. The molecule has 17 heavy (non-hydrogen) atoms. The molecular weight excluding hydrogens is 238 g/mol. The predicted octanol–water partition coefficient (Wildman–Crippen LogP) is 1.13. The van der Waals surface area contributed by atoms with Crippen LogP contribution in [0.15, 0.2) is 23.4 Å². The van der Waals surface area contributed by atoms with Crippen molar-refractivity contribution in [3.05, 3.63) is 18.3 Å². The molecule has 0 saturated heterocycles. The molecule has 1 heterocycles. The number of hydrogen-bond donors (Lipinski definition) is 2. The minimum Gasteiger partial charge on any atom is -0.396 e. The molecule has 0 aliphatic heterocycles. The number of anilines is 1. The molecular formula is C11H17N3O2S. The van der Waals surface area contributed by atoms with Gasteiger partial charge in [0.1, 0.15) is 0 Å². The molecule has 0 bridgehead atoms. The lowest BCUT2D eigenvalue weighted by Gasteiger charge is -2.31. The maximum atomic E-state index is 12.1. The SMILES string of the molecule is CC(NS(=O)(=O)c1ncccc1N)C1CCC1. The Morgan fingerprint density at radius 3 is 2.76 bits per heavy atom. The fourth-order valence-electron chi connectivity index (χ4n) is 1.96. The Labute approximate surface area is 101 Å². The lowest BCUT2D eigenvalue weighted by Crippen LogP contribution is -2.41. The van der Waals surface area contributed by atoms with Crippen LogP contribution in [0, 0.1) is 5.92 Å². The predicted molar refractivity (Wildman–Crippen MR) is 65.8 cm³/mol. The topological polar surface area (TPSA) is 85.1 Å². The number of nitrogens with two attached hydrogens (primary N) is 1. The third-order valence-electron chi connectivity index (χ3n) is 3.25. The molecule has 0 aromatic carbocycles. The van der Waals surface area contributed by atoms with Crippen LogP contribution in [-0.2, 0) is 10.0 Å². The van der Waals surface area contributed by atoms with E-state index in [0.717, 1.165) is 12.8 Å². The van der Waals surface area contributed by atoms with Gasteiger partial charge >= 0.3 is 0 Å². The Morgan fingerprint density at radius 2 is 2.24 bits per heavy atom. The van der Waals surface area contributed by atoms with Crippen molar-refractivity contribution in [2.75, 3.05) is 5.73 Å². The van der Waals surface area contributed by atoms with Crippen LogP contribution in [0.2, 0.25) is 0 Å². The molecule has 94 valence electrons. The number of pyridine rings is 1. The van der Waals surface area contributed by atoms with Crippen LogP contribution in [0.3, 0.4) is 0 Å². The van der Waals surface area contributed by atoms with Crippen molar-refractivity contribution in [1.29, 1.82) is 0 Å². The fourth-order valence-corrected chi connectivity index (χ4v) is 3.34. The number of aromatic nitrogens is 1. The van der Waals surface area contributed by atoms with Crippen molar-refractivity contribution in [3.63, 3.8) is 0 Å². The molecule has 1 aromatic rings. The zero-order chi connectivity index (χ0) is 12.5. The molecule has 1 unspecified atom stereocenters. The van der Waals surface area contributed by atoms with Gasteiger partial charge in [-0.25, -0.2) is 18.1 Å². The average molecular weight is 255 g/mol. The summed E-state index contributed by atoms with van der Waals surface area (Å²) in [5, 5.41) is -0.0776. The highest BCUT2D eigenvalue weighted by atomic mass is 32.2. The molecule has 3 N–H and O–H groups in total. The third kappa shape index (κ3) is 2.58.